The second-order valence-electron chi connectivity index (χ2n) is 5.97. The maximum absolute atomic E-state index is 12.7. The van der Waals surface area contributed by atoms with E-state index in [9.17, 15) is 4.79 Å². The van der Waals surface area contributed by atoms with Crippen molar-refractivity contribution in [2.45, 2.75) is 0 Å². The molecule has 5 nitrogen and oxygen atoms in total. The lowest BCUT2D eigenvalue weighted by molar-refractivity contribution is 0.101. The standard InChI is InChI=1S/C21H14Cl2N4O/c22-15-6-10-17(11-7-15)24-21(28)19-25-20(14-4-2-1-3-5-14)27(26-19)18-12-8-16(23)9-13-18/h1-13H,(H,24,28). The fourth-order valence-electron chi connectivity index (χ4n) is 2.66. The third kappa shape index (κ3) is 3.91. The molecule has 0 radical (unpaired) electrons. The van der Waals surface area contributed by atoms with Gasteiger partial charge in [-0.15, -0.1) is 5.10 Å². The SMILES string of the molecule is O=C(Nc1ccc(Cl)cc1)c1nc(-c2ccccc2)n(-c2ccc(Cl)cc2)n1. The Morgan fingerprint density at radius 1 is 0.821 bits per heavy atom. The zero-order valence-electron chi connectivity index (χ0n) is 14.5. The summed E-state index contributed by atoms with van der Waals surface area (Å²) in [5.74, 6) is 0.208. The molecule has 0 saturated heterocycles. The molecule has 7 heteroatoms. The van der Waals surface area contributed by atoms with E-state index < -0.39 is 5.91 Å². The number of nitrogens with one attached hydrogen (secondary N) is 1. The molecule has 0 spiro atoms. The van der Waals surface area contributed by atoms with E-state index >= 15 is 0 Å². The summed E-state index contributed by atoms with van der Waals surface area (Å²) in [6.45, 7) is 0. The van der Waals surface area contributed by atoms with Crippen molar-refractivity contribution in [3.63, 3.8) is 0 Å². The number of aromatic nitrogens is 3. The molecule has 1 N–H and O–H groups in total. The molecule has 0 atom stereocenters. The molecule has 0 fully saturated rings. The first-order valence-electron chi connectivity index (χ1n) is 8.45. The molecular formula is C21H14Cl2N4O. The average molecular weight is 409 g/mol. The Hall–Kier alpha value is -3.15. The van der Waals surface area contributed by atoms with Crippen LogP contribution in [0.2, 0.25) is 10.0 Å². The van der Waals surface area contributed by atoms with Crippen LogP contribution < -0.4 is 5.32 Å². The van der Waals surface area contributed by atoms with E-state index in [1.165, 1.54) is 0 Å². The van der Waals surface area contributed by atoms with Crippen molar-refractivity contribution in [3.05, 3.63) is 94.7 Å². The molecule has 4 rings (SSSR count). The minimum atomic E-state index is -0.410. The molecule has 0 aliphatic heterocycles. The van der Waals surface area contributed by atoms with E-state index in [2.05, 4.69) is 15.4 Å². The molecule has 28 heavy (non-hydrogen) atoms. The fraction of sp³-hybridized carbons (Fsp3) is 0. The Bertz CT molecular complexity index is 1110. The van der Waals surface area contributed by atoms with Gasteiger partial charge in [-0.05, 0) is 48.5 Å². The van der Waals surface area contributed by atoms with Gasteiger partial charge < -0.3 is 5.32 Å². The molecule has 1 aromatic heterocycles. The molecule has 3 aromatic carbocycles. The highest BCUT2D eigenvalue weighted by Gasteiger charge is 2.19. The van der Waals surface area contributed by atoms with Crippen LogP contribution in [0.1, 0.15) is 10.6 Å². The van der Waals surface area contributed by atoms with Crippen LogP contribution in [0.3, 0.4) is 0 Å². The third-order valence-corrected chi connectivity index (χ3v) is 4.52. The predicted octanol–water partition coefficient (Wildman–Crippen LogP) is 5.49. The van der Waals surface area contributed by atoms with Crippen LogP contribution in [0, 0.1) is 0 Å². The van der Waals surface area contributed by atoms with Crippen LogP contribution in [-0.2, 0) is 0 Å². The zero-order chi connectivity index (χ0) is 19.5. The minimum absolute atomic E-state index is 0.0590. The van der Waals surface area contributed by atoms with Gasteiger partial charge >= 0.3 is 0 Å². The monoisotopic (exact) mass is 408 g/mol. The highest BCUT2D eigenvalue weighted by molar-refractivity contribution is 6.30. The molecule has 1 amide bonds. The first-order valence-corrected chi connectivity index (χ1v) is 9.21. The lowest BCUT2D eigenvalue weighted by Gasteiger charge is -2.05. The summed E-state index contributed by atoms with van der Waals surface area (Å²) in [7, 11) is 0. The number of carbonyl (C=O) groups is 1. The molecule has 0 saturated carbocycles. The zero-order valence-corrected chi connectivity index (χ0v) is 16.0. The highest BCUT2D eigenvalue weighted by Crippen LogP contribution is 2.23. The number of carbonyl (C=O) groups excluding carboxylic acids is 1. The first-order chi connectivity index (χ1) is 13.6. The highest BCUT2D eigenvalue weighted by atomic mass is 35.5. The van der Waals surface area contributed by atoms with Gasteiger partial charge in [-0.3, -0.25) is 4.79 Å². The summed E-state index contributed by atoms with van der Waals surface area (Å²) >= 11 is 11.9. The maximum Gasteiger partial charge on any atom is 0.295 e. The molecule has 4 aromatic rings. The van der Waals surface area contributed by atoms with Crippen molar-refractivity contribution < 1.29 is 4.79 Å². The smallest absolute Gasteiger partial charge is 0.295 e. The van der Waals surface area contributed by atoms with E-state index in [4.69, 9.17) is 23.2 Å². The summed E-state index contributed by atoms with van der Waals surface area (Å²) in [5, 5.41) is 8.41. The molecule has 0 unspecified atom stereocenters. The van der Waals surface area contributed by atoms with Crippen LogP contribution in [0.4, 0.5) is 5.69 Å². The van der Waals surface area contributed by atoms with Crippen molar-refractivity contribution in [1.82, 2.24) is 14.8 Å². The quantitative estimate of drug-likeness (QED) is 0.485. The van der Waals surface area contributed by atoms with Crippen LogP contribution in [0.5, 0.6) is 0 Å². The number of rotatable bonds is 4. The van der Waals surface area contributed by atoms with Gasteiger partial charge in [-0.2, -0.15) is 0 Å². The maximum atomic E-state index is 12.7. The van der Waals surface area contributed by atoms with E-state index in [0.717, 1.165) is 11.3 Å². The summed E-state index contributed by atoms with van der Waals surface area (Å²) in [4.78, 5) is 17.2. The van der Waals surface area contributed by atoms with Crippen LogP contribution in [0.25, 0.3) is 17.1 Å². The largest absolute Gasteiger partial charge is 0.319 e. The third-order valence-electron chi connectivity index (χ3n) is 4.02. The summed E-state index contributed by atoms with van der Waals surface area (Å²) in [6.07, 6.45) is 0. The van der Waals surface area contributed by atoms with E-state index in [1.807, 2.05) is 42.5 Å². The molecule has 1 heterocycles. The molecular weight excluding hydrogens is 395 g/mol. The number of benzene rings is 3. The van der Waals surface area contributed by atoms with Crippen molar-refractivity contribution in [1.29, 1.82) is 0 Å². The van der Waals surface area contributed by atoms with Gasteiger partial charge in [0.05, 0.1) is 5.69 Å². The van der Waals surface area contributed by atoms with Crippen LogP contribution >= 0.6 is 23.2 Å². The van der Waals surface area contributed by atoms with Crippen molar-refractivity contribution in [3.8, 4) is 17.1 Å². The average Bonchev–Trinajstić information content (AvgIpc) is 3.16. The lowest BCUT2D eigenvalue weighted by atomic mass is 10.2. The summed E-state index contributed by atoms with van der Waals surface area (Å²) in [6, 6.07) is 23.6. The van der Waals surface area contributed by atoms with E-state index in [0.29, 0.717) is 21.6 Å². The number of amides is 1. The van der Waals surface area contributed by atoms with Gasteiger partial charge in [0.25, 0.3) is 5.91 Å². The van der Waals surface area contributed by atoms with Crippen LogP contribution in [0.15, 0.2) is 78.9 Å². The van der Waals surface area contributed by atoms with E-state index in [1.54, 1.807) is 41.1 Å². The Kier molecular flexibility index (Phi) is 5.10. The second kappa shape index (κ2) is 7.84. The molecule has 0 aliphatic carbocycles. The number of anilines is 1. The number of hydrogen-bond acceptors (Lipinski definition) is 3. The van der Waals surface area contributed by atoms with Crippen molar-refractivity contribution in [2.75, 3.05) is 5.32 Å². The normalized spacial score (nSPS) is 10.6. The topological polar surface area (TPSA) is 59.8 Å². The number of halogens is 2. The van der Waals surface area contributed by atoms with Gasteiger partial charge in [0.2, 0.25) is 5.82 Å². The minimum Gasteiger partial charge on any atom is -0.319 e. The van der Waals surface area contributed by atoms with E-state index in [-0.39, 0.29) is 5.82 Å². The first kappa shape index (κ1) is 18.2. The van der Waals surface area contributed by atoms with Gasteiger partial charge in [0, 0.05) is 21.3 Å². The molecule has 0 bridgehead atoms. The Labute approximate surface area is 171 Å². The van der Waals surface area contributed by atoms with Gasteiger partial charge in [0.1, 0.15) is 0 Å². The summed E-state index contributed by atoms with van der Waals surface area (Å²) in [5.41, 5.74) is 2.20. The Morgan fingerprint density at radius 2 is 1.43 bits per heavy atom. The second-order valence-corrected chi connectivity index (χ2v) is 6.85. The van der Waals surface area contributed by atoms with Crippen LogP contribution in [-0.4, -0.2) is 20.7 Å². The Balaban J connectivity index is 1.73. The van der Waals surface area contributed by atoms with Gasteiger partial charge in [-0.1, -0.05) is 53.5 Å². The van der Waals surface area contributed by atoms with Crippen molar-refractivity contribution in [2.24, 2.45) is 0 Å². The van der Waals surface area contributed by atoms with Gasteiger partial charge in [-0.25, -0.2) is 9.67 Å². The number of hydrogen-bond donors (Lipinski definition) is 1. The van der Waals surface area contributed by atoms with Crippen molar-refractivity contribution >= 4 is 34.8 Å². The fourth-order valence-corrected chi connectivity index (χ4v) is 2.92. The predicted molar refractivity (Wildman–Crippen MR) is 111 cm³/mol. The molecule has 0 aliphatic rings. The number of nitrogens with zero attached hydrogens (tertiary/aromatic N) is 3. The molecule has 138 valence electrons. The lowest BCUT2D eigenvalue weighted by Crippen LogP contribution is -2.14. The van der Waals surface area contributed by atoms with Gasteiger partial charge in [0.15, 0.2) is 5.82 Å². The summed E-state index contributed by atoms with van der Waals surface area (Å²) < 4.78 is 1.63. The Morgan fingerprint density at radius 3 is 2.07 bits per heavy atom.